The maximum Gasteiger partial charge on any atom is 0.252 e. The summed E-state index contributed by atoms with van der Waals surface area (Å²) in [7, 11) is -3.36. The van der Waals surface area contributed by atoms with Crippen molar-refractivity contribution in [3.05, 3.63) is 29.8 Å². The van der Waals surface area contributed by atoms with Crippen molar-refractivity contribution in [1.82, 2.24) is 5.32 Å². The molecule has 0 aromatic heterocycles. The number of benzene rings is 1. The van der Waals surface area contributed by atoms with Gasteiger partial charge < -0.3 is 5.32 Å². The first-order valence-corrected chi connectivity index (χ1v) is 7.65. The number of nitrogens with zero attached hydrogens (tertiary/aromatic N) is 1. The van der Waals surface area contributed by atoms with E-state index in [-0.39, 0.29) is 10.5 Å². The first kappa shape index (κ1) is 15.2. The van der Waals surface area contributed by atoms with Crippen LogP contribution in [0, 0.1) is 11.3 Å². The normalized spacial score (nSPS) is 14.2. The van der Waals surface area contributed by atoms with Gasteiger partial charge in [-0.15, -0.1) is 0 Å². The molecule has 1 aromatic carbocycles. The largest absolute Gasteiger partial charge is 0.334 e. The summed E-state index contributed by atoms with van der Waals surface area (Å²) in [6.45, 7) is 3.40. The first-order chi connectivity index (χ1) is 8.72. The Morgan fingerprint density at radius 3 is 2.58 bits per heavy atom. The number of carbonyl (C=O) groups is 1. The summed E-state index contributed by atoms with van der Waals surface area (Å²) in [6, 6.07) is 7.77. The van der Waals surface area contributed by atoms with Crippen molar-refractivity contribution in [2.45, 2.75) is 30.7 Å². The van der Waals surface area contributed by atoms with E-state index in [1.54, 1.807) is 13.8 Å². The number of nitriles is 1. The van der Waals surface area contributed by atoms with Crippen molar-refractivity contribution < 1.29 is 13.2 Å². The molecule has 1 amide bonds. The lowest BCUT2D eigenvalue weighted by Gasteiger charge is -2.21. The third-order valence-corrected chi connectivity index (χ3v) is 3.98. The number of hydrogen-bond acceptors (Lipinski definition) is 4. The maximum absolute atomic E-state index is 12.0. The minimum Gasteiger partial charge on any atom is -0.334 e. The molecule has 1 N–H and O–H groups in total. The molecule has 1 atom stereocenters. The van der Waals surface area contributed by atoms with Crippen molar-refractivity contribution in [1.29, 1.82) is 5.26 Å². The molecule has 0 bridgehead atoms. The molecule has 102 valence electrons. The van der Waals surface area contributed by atoms with E-state index in [0.29, 0.717) is 6.42 Å². The molecular weight excluding hydrogens is 264 g/mol. The van der Waals surface area contributed by atoms with Gasteiger partial charge in [-0.05, 0) is 31.5 Å². The lowest BCUT2D eigenvalue weighted by molar-refractivity contribution is 0.0923. The van der Waals surface area contributed by atoms with Gasteiger partial charge in [0.1, 0.15) is 5.54 Å². The number of amides is 1. The number of carbonyl (C=O) groups excluding carboxylic acids is 1. The van der Waals surface area contributed by atoms with Gasteiger partial charge in [0, 0.05) is 11.8 Å². The van der Waals surface area contributed by atoms with E-state index in [1.165, 1.54) is 24.3 Å². The maximum atomic E-state index is 12.0. The summed E-state index contributed by atoms with van der Waals surface area (Å²) < 4.78 is 22.8. The third kappa shape index (κ3) is 3.80. The molecule has 0 aliphatic rings. The van der Waals surface area contributed by atoms with E-state index in [2.05, 4.69) is 5.32 Å². The average molecular weight is 280 g/mol. The van der Waals surface area contributed by atoms with E-state index in [4.69, 9.17) is 5.26 Å². The summed E-state index contributed by atoms with van der Waals surface area (Å²) in [4.78, 5) is 12.1. The van der Waals surface area contributed by atoms with Crippen LogP contribution in [0.2, 0.25) is 0 Å². The van der Waals surface area contributed by atoms with E-state index >= 15 is 0 Å². The smallest absolute Gasteiger partial charge is 0.252 e. The van der Waals surface area contributed by atoms with Gasteiger partial charge in [-0.25, -0.2) is 8.42 Å². The minimum atomic E-state index is -3.36. The standard InChI is InChI=1S/C13H16N2O3S/c1-4-13(2,9-14)15-12(16)10-6-5-7-11(8-10)19(3,17)18/h5-8H,4H2,1-3H3,(H,15,16). The minimum absolute atomic E-state index is 0.0790. The highest BCUT2D eigenvalue weighted by atomic mass is 32.2. The van der Waals surface area contributed by atoms with Crippen LogP contribution in [-0.2, 0) is 9.84 Å². The summed E-state index contributed by atoms with van der Waals surface area (Å²) in [5.41, 5.74) is -0.740. The molecule has 0 heterocycles. The number of sulfone groups is 1. The van der Waals surface area contributed by atoms with Gasteiger partial charge in [0.25, 0.3) is 5.91 Å². The SMILES string of the molecule is CCC(C)(C#N)NC(=O)c1cccc(S(C)(=O)=O)c1. The van der Waals surface area contributed by atoms with Crippen LogP contribution in [0.4, 0.5) is 0 Å². The Labute approximate surface area is 113 Å². The van der Waals surface area contributed by atoms with Crippen LogP contribution in [0.3, 0.4) is 0 Å². The van der Waals surface area contributed by atoms with Crippen LogP contribution in [0.25, 0.3) is 0 Å². The Hall–Kier alpha value is -1.87. The molecule has 19 heavy (non-hydrogen) atoms. The molecule has 0 aliphatic carbocycles. The van der Waals surface area contributed by atoms with Crippen LogP contribution in [0.5, 0.6) is 0 Å². The zero-order valence-electron chi connectivity index (χ0n) is 11.1. The van der Waals surface area contributed by atoms with Gasteiger partial charge in [-0.2, -0.15) is 5.26 Å². The Morgan fingerprint density at radius 2 is 2.11 bits per heavy atom. The Balaban J connectivity index is 3.06. The molecule has 5 nitrogen and oxygen atoms in total. The lowest BCUT2D eigenvalue weighted by atomic mass is 10.0. The van der Waals surface area contributed by atoms with Crippen molar-refractivity contribution in [2.24, 2.45) is 0 Å². The highest BCUT2D eigenvalue weighted by Crippen LogP contribution is 2.13. The van der Waals surface area contributed by atoms with Crippen LogP contribution < -0.4 is 5.32 Å². The zero-order valence-corrected chi connectivity index (χ0v) is 11.9. The molecule has 1 aromatic rings. The van der Waals surface area contributed by atoms with Gasteiger partial charge in [0.2, 0.25) is 0 Å². The van der Waals surface area contributed by atoms with Crippen LogP contribution >= 0.6 is 0 Å². The Kier molecular flexibility index (Phi) is 4.32. The van der Waals surface area contributed by atoms with Crippen LogP contribution in [-0.4, -0.2) is 26.1 Å². The van der Waals surface area contributed by atoms with Crippen LogP contribution in [0.15, 0.2) is 29.2 Å². The monoisotopic (exact) mass is 280 g/mol. The number of hydrogen-bond donors (Lipinski definition) is 1. The summed E-state index contributed by atoms with van der Waals surface area (Å²) >= 11 is 0. The molecule has 0 fully saturated rings. The Morgan fingerprint density at radius 1 is 1.47 bits per heavy atom. The van der Waals surface area contributed by atoms with E-state index < -0.39 is 21.3 Å². The topological polar surface area (TPSA) is 87.0 Å². The van der Waals surface area contributed by atoms with Gasteiger partial charge in [0.05, 0.1) is 11.0 Å². The molecule has 1 unspecified atom stereocenters. The van der Waals surface area contributed by atoms with Gasteiger partial charge >= 0.3 is 0 Å². The third-order valence-electron chi connectivity index (χ3n) is 2.87. The molecule has 1 rings (SSSR count). The Bertz CT molecular complexity index is 632. The molecule has 0 saturated carbocycles. The quantitative estimate of drug-likeness (QED) is 0.905. The van der Waals surface area contributed by atoms with Gasteiger partial charge in [-0.3, -0.25) is 4.79 Å². The van der Waals surface area contributed by atoms with Crippen molar-refractivity contribution >= 4 is 15.7 Å². The van der Waals surface area contributed by atoms with E-state index in [1.807, 2.05) is 6.07 Å². The van der Waals surface area contributed by atoms with Gasteiger partial charge in [0.15, 0.2) is 9.84 Å². The molecule has 0 aliphatic heterocycles. The predicted molar refractivity (Wildman–Crippen MR) is 71.3 cm³/mol. The first-order valence-electron chi connectivity index (χ1n) is 5.76. The highest BCUT2D eigenvalue weighted by Gasteiger charge is 2.24. The summed E-state index contributed by atoms with van der Waals surface area (Å²) in [5, 5.41) is 11.6. The highest BCUT2D eigenvalue weighted by molar-refractivity contribution is 7.90. The van der Waals surface area contributed by atoms with Gasteiger partial charge in [-0.1, -0.05) is 13.0 Å². The second-order valence-corrected chi connectivity index (χ2v) is 6.57. The molecule has 6 heteroatoms. The number of nitrogens with one attached hydrogen (secondary N) is 1. The van der Waals surface area contributed by atoms with Crippen molar-refractivity contribution in [3.63, 3.8) is 0 Å². The number of rotatable bonds is 4. The zero-order chi connectivity index (χ0) is 14.7. The second kappa shape index (κ2) is 5.41. The van der Waals surface area contributed by atoms with E-state index in [0.717, 1.165) is 6.26 Å². The molecule has 0 radical (unpaired) electrons. The lowest BCUT2D eigenvalue weighted by Crippen LogP contribution is -2.44. The van der Waals surface area contributed by atoms with Crippen molar-refractivity contribution in [3.8, 4) is 6.07 Å². The van der Waals surface area contributed by atoms with E-state index in [9.17, 15) is 13.2 Å². The fourth-order valence-electron chi connectivity index (χ4n) is 1.39. The molecular formula is C13H16N2O3S. The predicted octanol–water partition coefficient (Wildman–Crippen LogP) is 1.51. The van der Waals surface area contributed by atoms with Crippen LogP contribution in [0.1, 0.15) is 30.6 Å². The van der Waals surface area contributed by atoms with Crippen molar-refractivity contribution in [2.75, 3.05) is 6.26 Å². The fourth-order valence-corrected chi connectivity index (χ4v) is 2.05. The molecule has 0 spiro atoms. The second-order valence-electron chi connectivity index (χ2n) is 4.55. The summed E-state index contributed by atoms with van der Waals surface area (Å²) in [6.07, 6.45) is 1.54. The average Bonchev–Trinajstić information content (AvgIpc) is 2.37. The summed E-state index contributed by atoms with van der Waals surface area (Å²) in [5.74, 6) is -0.462. The molecule has 0 saturated heterocycles. The fraction of sp³-hybridized carbons (Fsp3) is 0.385.